The minimum Gasteiger partial charge on any atom is -0.490 e. The summed E-state index contributed by atoms with van der Waals surface area (Å²) in [5.74, 6) is -2.68. The van der Waals surface area contributed by atoms with Gasteiger partial charge >= 0.3 is 0 Å². The average molecular weight is 556 g/mol. The highest BCUT2D eigenvalue weighted by Gasteiger charge is 2.25. The Balaban J connectivity index is 1.46. The number of sulfonamides is 1. The molecule has 37 heavy (non-hydrogen) atoms. The van der Waals surface area contributed by atoms with E-state index >= 15 is 0 Å². The SMILES string of the molecule is CS(=O)(=O)N1CCNC(CCOc2c(F)ccc3nc(C(=O)NCc4ccc(F)c(Cl)c4)[nH]c(=O)c23)C1. The average Bonchev–Trinajstić information content (AvgIpc) is 2.85. The molecule has 2 heterocycles. The molecule has 0 aliphatic carbocycles. The van der Waals surface area contributed by atoms with Crippen molar-refractivity contribution < 1.29 is 26.7 Å². The molecule has 1 amide bonds. The number of piperazine rings is 1. The number of carbonyl (C=O) groups excluding carboxylic acids is 1. The van der Waals surface area contributed by atoms with Gasteiger partial charge in [0.25, 0.3) is 11.5 Å². The maximum atomic E-state index is 14.6. The number of hydrogen-bond donors (Lipinski definition) is 3. The van der Waals surface area contributed by atoms with Gasteiger partial charge in [0, 0.05) is 32.2 Å². The molecule has 1 aliphatic rings. The van der Waals surface area contributed by atoms with Crippen LogP contribution in [-0.4, -0.2) is 67.1 Å². The number of H-pyrrole nitrogens is 1. The lowest BCUT2D eigenvalue weighted by Gasteiger charge is -2.32. The third kappa shape index (κ3) is 6.42. The number of ether oxygens (including phenoxy) is 1. The van der Waals surface area contributed by atoms with Crippen LogP contribution in [0.2, 0.25) is 5.02 Å². The van der Waals surface area contributed by atoms with Crippen molar-refractivity contribution in [3.8, 4) is 5.75 Å². The predicted octanol–water partition coefficient (Wildman–Crippen LogP) is 1.79. The van der Waals surface area contributed by atoms with Gasteiger partial charge in [0.1, 0.15) is 11.2 Å². The number of aromatic amines is 1. The van der Waals surface area contributed by atoms with Crippen molar-refractivity contribution in [3.05, 3.63) is 68.7 Å². The molecule has 3 aromatic rings. The Labute approximate surface area is 216 Å². The molecule has 1 fully saturated rings. The Morgan fingerprint density at radius 3 is 2.76 bits per heavy atom. The molecule has 1 atom stereocenters. The second kappa shape index (κ2) is 11.1. The first kappa shape index (κ1) is 26.9. The van der Waals surface area contributed by atoms with Gasteiger partial charge in [-0.3, -0.25) is 9.59 Å². The molecule has 3 N–H and O–H groups in total. The third-order valence-electron chi connectivity index (χ3n) is 5.83. The van der Waals surface area contributed by atoms with Crippen molar-refractivity contribution in [2.75, 3.05) is 32.5 Å². The lowest BCUT2D eigenvalue weighted by molar-refractivity contribution is 0.0940. The Morgan fingerprint density at radius 1 is 1.27 bits per heavy atom. The van der Waals surface area contributed by atoms with Crippen molar-refractivity contribution in [3.63, 3.8) is 0 Å². The summed E-state index contributed by atoms with van der Waals surface area (Å²) in [6.07, 6.45) is 1.50. The Morgan fingerprint density at radius 2 is 2.03 bits per heavy atom. The first-order valence-corrected chi connectivity index (χ1v) is 13.5. The van der Waals surface area contributed by atoms with Crippen LogP contribution < -0.4 is 20.9 Å². The van der Waals surface area contributed by atoms with Gasteiger partial charge in [-0.2, -0.15) is 4.31 Å². The number of halogens is 3. The second-order valence-corrected chi connectivity index (χ2v) is 10.9. The quantitative estimate of drug-likeness (QED) is 0.386. The monoisotopic (exact) mass is 555 g/mol. The Hall–Kier alpha value is -3.13. The van der Waals surface area contributed by atoms with Crippen molar-refractivity contribution in [2.45, 2.75) is 19.0 Å². The van der Waals surface area contributed by atoms with E-state index in [2.05, 4.69) is 20.6 Å². The lowest BCUT2D eigenvalue weighted by atomic mass is 10.1. The number of nitrogens with one attached hydrogen (secondary N) is 3. The molecule has 14 heteroatoms. The van der Waals surface area contributed by atoms with Crippen LogP contribution in [-0.2, 0) is 16.6 Å². The molecule has 1 unspecified atom stereocenters. The number of rotatable bonds is 8. The molecular weight excluding hydrogens is 532 g/mol. The fourth-order valence-corrected chi connectivity index (χ4v) is 5.01. The normalized spacial score (nSPS) is 16.6. The van der Waals surface area contributed by atoms with Gasteiger partial charge < -0.3 is 20.4 Å². The first-order valence-electron chi connectivity index (χ1n) is 11.3. The number of benzene rings is 2. The molecule has 1 aliphatic heterocycles. The number of nitrogens with zero attached hydrogens (tertiary/aromatic N) is 2. The van der Waals surface area contributed by atoms with E-state index in [1.54, 1.807) is 0 Å². The van der Waals surface area contributed by atoms with Gasteiger partial charge in [-0.25, -0.2) is 22.2 Å². The molecule has 0 spiro atoms. The summed E-state index contributed by atoms with van der Waals surface area (Å²) in [6.45, 7) is 1.11. The van der Waals surface area contributed by atoms with Crippen molar-refractivity contribution in [2.24, 2.45) is 0 Å². The van der Waals surface area contributed by atoms with E-state index in [0.717, 1.165) is 12.3 Å². The molecule has 0 saturated carbocycles. The largest absolute Gasteiger partial charge is 0.490 e. The molecule has 10 nitrogen and oxygen atoms in total. The minimum atomic E-state index is -3.33. The van der Waals surface area contributed by atoms with E-state index in [9.17, 15) is 26.8 Å². The summed E-state index contributed by atoms with van der Waals surface area (Å²) in [4.78, 5) is 31.8. The molecular formula is C23H24ClF2N5O5S. The van der Waals surface area contributed by atoms with E-state index in [1.807, 2.05) is 0 Å². The van der Waals surface area contributed by atoms with Crippen LogP contribution in [0.3, 0.4) is 0 Å². The van der Waals surface area contributed by atoms with Gasteiger partial charge in [-0.1, -0.05) is 17.7 Å². The summed E-state index contributed by atoms with van der Waals surface area (Å²) in [5, 5.41) is 5.49. The molecule has 4 rings (SSSR count). The summed E-state index contributed by atoms with van der Waals surface area (Å²) >= 11 is 5.74. The molecule has 1 aromatic heterocycles. The number of hydrogen-bond acceptors (Lipinski definition) is 7. The molecule has 198 valence electrons. The number of amides is 1. The van der Waals surface area contributed by atoms with Gasteiger partial charge in [-0.15, -0.1) is 0 Å². The standard InChI is InChI=1S/C23H24ClF2N5O5S/c1-37(34,35)31-8-7-27-14(12-31)6-9-36-20-17(26)4-5-18-19(20)22(32)30-21(29-18)23(33)28-11-13-2-3-16(25)15(24)10-13/h2-5,10,14,27H,6-9,11-12H2,1H3,(H,28,33)(H,29,30,32). The van der Waals surface area contributed by atoms with Crippen LogP contribution in [0.1, 0.15) is 22.6 Å². The van der Waals surface area contributed by atoms with Gasteiger partial charge in [0.15, 0.2) is 17.4 Å². The fourth-order valence-electron chi connectivity index (χ4n) is 3.94. The summed E-state index contributed by atoms with van der Waals surface area (Å²) in [6, 6.07) is 6.12. The molecule has 0 bridgehead atoms. The molecule has 0 radical (unpaired) electrons. The zero-order valence-electron chi connectivity index (χ0n) is 19.7. The summed E-state index contributed by atoms with van der Waals surface area (Å²) in [5.41, 5.74) is -0.185. The number of carbonyl (C=O) groups is 1. The van der Waals surface area contributed by atoms with Gasteiger partial charge in [-0.05, 0) is 36.2 Å². The van der Waals surface area contributed by atoms with Crippen molar-refractivity contribution in [1.29, 1.82) is 0 Å². The van der Waals surface area contributed by atoms with Gasteiger partial charge in [0.05, 0.1) is 23.4 Å². The van der Waals surface area contributed by atoms with Crippen molar-refractivity contribution >= 4 is 38.4 Å². The highest BCUT2D eigenvalue weighted by atomic mass is 35.5. The summed E-state index contributed by atoms with van der Waals surface area (Å²) in [7, 11) is -3.33. The van der Waals surface area contributed by atoms with E-state index in [0.29, 0.717) is 25.1 Å². The van der Waals surface area contributed by atoms with Crippen LogP contribution in [0.5, 0.6) is 5.75 Å². The first-order chi connectivity index (χ1) is 17.5. The van der Waals surface area contributed by atoms with Gasteiger partial charge in [0.2, 0.25) is 10.0 Å². The van der Waals surface area contributed by atoms with Crippen LogP contribution in [0.15, 0.2) is 35.1 Å². The zero-order valence-corrected chi connectivity index (χ0v) is 21.3. The van der Waals surface area contributed by atoms with Crippen LogP contribution in [0.25, 0.3) is 10.9 Å². The fraction of sp³-hybridized carbons (Fsp3) is 0.348. The molecule has 2 aromatic carbocycles. The van der Waals surface area contributed by atoms with Crippen LogP contribution in [0, 0.1) is 11.6 Å². The highest BCUT2D eigenvalue weighted by Crippen LogP contribution is 2.25. The van der Waals surface area contributed by atoms with E-state index < -0.39 is 33.1 Å². The van der Waals surface area contributed by atoms with Crippen molar-refractivity contribution in [1.82, 2.24) is 24.9 Å². The Bertz CT molecular complexity index is 1500. The smallest absolute Gasteiger partial charge is 0.287 e. The maximum Gasteiger partial charge on any atom is 0.287 e. The second-order valence-electron chi connectivity index (χ2n) is 8.53. The third-order valence-corrected chi connectivity index (χ3v) is 7.39. The van der Waals surface area contributed by atoms with E-state index in [-0.39, 0.29) is 53.2 Å². The van der Waals surface area contributed by atoms with E-state index in [4.69, 9.17) is 16.3 Å². The van der Waals surface area contributed by atoms with Crippen LogP contribution in [0.4, 0.5) is 8.78 Å². The number of aromatic nitrogens is 2. The maximum absolute atomic E-state index is 14.6. The van der Waals surface area contributed by atoms with E-state index in [1.165, 1.54) is 28.6 Å². The van der Waals surface area contributed by atoms with Crippen LogP contribution >= 0.6 is 11.6 Å². The summed E-state index contributed by atoms with van der Waals surface area (Å²) < 4.78 is 58.4. The Kier molecular flexibility index (Phi) is 8.07. The highest BCUT2D eigenvalue weighted by molar-refractivity contribution is 7.88. The zero-order chi connectivity index (χ0) is 26.7. The molecule has 1 saturated heterocycles. The predicted molar refractivity (Wildman–Crippen MR) is 133 cm³/mol. The lowest BCUT2D eigenvalue weighted by Crippen LogP contribution is -2.52. The topological polar surface area (TPSA) is 133 Å². The minimum absolute atomic E-state index is 0.00429. The number of fused-ring (bicyclic) bond motifs is 1.